The van der Waals surface area contributed by atoms with Crippen LogP contribution in [0.25, 0.3) is 0 Å². The van der Waals surface area contributed by atoms with Gasteiger partial charge in [0, 0.05) is 25.7 Å². The zero-order chi connectivity index (χ0) is 16.8. The number of nitrogens with zero attached hydrogens (tertiary/aromatic N) is 1. The fraction of sp³-hybridized carbons (Fsp3) is 0.632. The van der Waals surface area contributed by atoms with Gasteiger partial charge in [0.2, 0.25) is 5.91 Å². The second-order valence-electron chi connectivity index (χ2n) is 6.84. The Labute approximate surface area is 144 Å². The molecule has 1 saturated heterocycles. The Hall–Kier alpha value is -1.59. The molecule has 1 amide bonds. The highest BCUT2D eigenvalue weighted by Crippen LogP contribution is 2.28. The summed E-state index contributed by atoms with van der Waals surface area (Å²) in [5.74, 6) is 1.58. The fourth-order valence-corrected chi connectivity index (χ4v) is 3.26. The van der Waals surface area contributed by atoms with Crippen molar-refractivity contribution in [2.24, 2.45) is 5.92 Å². The summed E-state index contributed by atoms with van der Waals surface area (Å²) < 4.78 is 10.7. The smallest absolute Gasteiger partial charge is 0.234 e. The van der Waals surface area contributed by atoms with Crippen LogP contribution in [0.4, 0.5) is 0 Å². The van der Waals surface area contributed by atoms with Crippen LogP contribution in [-0.2, 0) is 16.0 Å². The van der Waals surface area contributed by atoms with Gasteiger partial charge in [0.05, 0.1) is 20.3 Å². The molecule has 1 aliphatic heterocycles. The number of nitrogens with one attached hydrogen (secondary N) is 1. The highest BCUT2D eigenvalue weighted by molar-refractivity contribution is 5.78. The zero-order valence-corrected chi connectivity index (χ0v) is 14.5. The molecule has 0 aromatic heterocycles. The summed E-state index contributed by atoms with van der Waals surface area (Å²) >= 11 is 0. The minimum Gasteiger partial charge on any atom is -0.497 e. The van der Waals surface area contributed by atoms with Crippen LogP contribution in [-0.4, -0.2) is 56.8 Å². The second-order valence-corrected chi connectivity index (χ2v) is 6.84. The molecular weight excluding hydrogens is 304 g/mol. The molecule has 5 nitrogen and oxygen atoms in total. The Morgan fingerprint density at radius 3 is 2.96 bits per heavy atom. The molecule has 1 N–H and O–H groups in total. The van der Waals surface area contributed by atoms with Crippen molar-refractivity contribution in [1.82, 2.24) is 10.2 Å². The molecule has 1 aromatic carbocycles. The van der Waals surface area contributed by atoms with Crippen molar-refractivity contribution in [3.05, 3.63) is 29.8 Å². The summed E-state index contributed by atoms with van der Waals surface area (Å²) in [6.45, 7) is 3.89. The van der Waals surface area contributed by atoms with Gasteiger partial charge in [-0.15, -0.1) is 0 Å². The van der Waals surface area contributed by atoms with E-state index < -0.39 is 0 Å². The maximum atomic E-state index is 12.3. The van der Waals surface area contributed by atoms with E-state index in [-0.39, 0.29) is 5.91 Å². The number of rotatable bonds is 9. The van der Waals surface area contributed by atoms with Crippen molar-refractivity contribution >= 4 is 5.91 Å². The predicted molar refractivity (Wildman–Crippen MR) is 93.2 cm³/mol. The fourth-order valence-electron chi connectivity index (χ4n) is 3.26. The van der Waals surface area contributed by atoms with Crippen molar-refractivity contribution in [1.29, 1.82) is 0 Å². The normalized spacial score (nSPS) is 20.3. The van der Waals surface area contributed by atoms with Gasteiger partial charge in [-0.3, -0.25) is 9.69 Å². The van der Waals surface area contributed by atoms with Gasteiger partial charge in [0.15, 0.2) is 0 Å². The first-order chi connectivity index (χ1) is 11.7. The van der Waals surface area contributed by atoms with Crippen LogP contribution in [0.3, 0.4) is 0 Å². The van der Waals surface area contributed by atoms with Crippen molar-refractivity contribution in [2.45, 2.75) is 31.7 Å². The molecule has 1 saturated carbocycles. The number of carbonyl (C=O) groups excluding carboxylic acids is 1. The summed E-state index contributed by atoms with van der Waals surface area (Å²) in [4.78, 5) is 14.6. The summed E-state index contributed by atoms with van der Waals surface area (Å²) in [7, 11) is 1.67. The Morgan fingerprint density at radius 2 is 2.25 bits per heavy atom. The molecule has 1 heterocycles. The third-order valence-electron chi connectivity index (χ3n) is 4.80. The molecule has 0 spiro atoms. The quantitative estimate of drug-likeness (QED) is 0.750. The van der Waals surface area contributed by atoms with Crippen LogP contribution < -0.4 is 10.1 Å². The van der Waals surface area contributed by atoms with E-state index >= 15 is 0 Å². The molecule has 0 unspecified atom stereocenters. The number of carbonyl (C=O) groups is 1. The van der Waals surface area contributed by atoms with Crippen molar-refractivity contribution in [3.8, 4) is 5.75 Å². The van der Waals surface area contributed by atoms with Gasteiger partial charge in [-0.1, -0.05) is 12.1 Å². The SMILES string of the molecule is COc1cccc(CCNC(=O)CN(C[C@@H]2CCOC2)C2CC2)c1. The van der Waals surface area contributed by atoms with Gasteiger partial charge in [0.1, 0.15) is 5.75 Å². The van der Waals surface area contributed by atoms with Gasteiger partial charge < -0.3 is 14.8 Å². The standard InChI is InChI=1S/C19H28N2O3/c1-23-18-4-2-3-15(11-18)7-9-20-19(22)13-21(17-5-6-17)12-16-8-10-24-14-16/h2-4,11,16-17H,5-10,12-14H2,1H3,(H,20,22)/t16-/m0/s1. The lowest BCUT2D eigenvalue weighted by molar-refractivity contribution is -0.122. The number of methoxy groups -OCH3 is 1. The van der Waals surface area contributed by atoms with Gasteiger partial charge in [-0.2, -0.15) is 0 Å². The first-order valence-corrected chi connectivity index (χ1v) is 8.96. The highest BCUT2D eigenvalue weighted by Gasteiger charge is 2.32. The van der Waals surface area contributed by atoms with E-state index in [9.17, 15) is 4.79 Å². The number of benzene rings is 1. The van der Waals surface area contributed by atoms with Gasteiger partial charge in [-0.25, -0.2) is 0 Å². The monoisotopic (exact) mass is 332 g/mol. The minimum atomic E-state index is 0.128. The first-order valence-electron chi connectivity index (χ1n) is 8.96. The van der Waals surface area contributed by atoms with E-state index in [1.165, 1.54) is 18.4 Å². The summed E-state index contributed by atoms with van der Waals surface area (Å²) in [5, 5.41) is 3.05. The molecule has 1 aromatic rings. The van der Waals surface area contributed by atoms with Crippen LogP contribution in [0.1, 0.15) is 24.8 Å². The lowest BCUT2D eigenvalue weighted by atomic mass is 10.1. The topological polar surface area (TPSA) is 50.8 Å². The molecule has 24 heavy (non-hydrogen) atoms. The minimum absolute atomic E-state index is 0.128. The third kappa shape index (κ3) is 5.21. The van der Waals surface area contributed by atoms with Crippen molar-refractivity contribution in [3.63, 3.8) is 0 Å². The van der Waals surface area contributed by atoms with E-state index in [1.54, 1.807) is 7.11 Å². The highest BCUT2D eigenvalue weighted by atomic mass is 16.5. The Kier molecular flexibility index (Phi) is 6.10. The molecule has 0 bridgehead atoms. The zero-order valence-electron chi connectivity index (χ0n) is 14.5. The summed E-state index contributed by atoms with van der Waals surface area (Å²) in [5.41, 5.74) is 1.18. The van der Waals surface area contributed by atoms with E-state index in [2.05, 4.69) is 16.3 Å². The molecule has 3 rings (SSSR count). The average molecular weight is 332 g/mol. The van der Waals surface area contributed by atoms with E-state index in [4.69, 9.17) is 9.47 Å². The molecular formula is C19H28N2O3. The Morgan fingerprint density at radius 1 is 1.38 bits per heavy atom. The van der Waals surface area contributed by atoms with Crippen LogP contribution in [0.5, 0.6) is 5.75 Å². The molecule has 1 atom stereocenters. The number of hydrogen-bond donors (Lipinski definition) is 1. The second kappa shape index (κ2) is 8.49. The third-order valence-corrected chi connectivity index (χ3v) is 4.80. The van der Waals surface area contributed by atoms with Crippen LogP contribution in [0, 0.1) is 5.92 Å². The average Bonchev–Trinajstić information content (AvgIpc) is 3.32. The largest absolute Gasteiger partial charge is 0.497 e. The lowest BCUT2D eigenvalue weighted by Gasteiger charge is -2.24. The van der Waals surface area contributed by atoms with E-state index in [1.807, 2.05) is 18.2 Å². The lowest BCUT2D eigenvalue weighted by Crippen LogP contribution is -2.41. The maximum Gasteiger partial charge on any atom is 0.234 e. The molecule has 132 valence electrons. The number of ether oxygens (including phenoxy) is 2. The molecule has 2 aliphatic rings. The maximum absolute atomic E-state index is 12.3. The molecule has 2 fully saturated rings. The van der Waals surface area contributed by atoms with Crippen LogP contribution in [0.2, 0.25) is 0 Å². The van der Waals surface area contributed by atoms with Crippen LogP contribution in [0.15, 0.2) is 24.3 Å². The number of amides is 1. The molecule has 1 aliphatic carbocycles. The van der Waals surface area contributed by atoms with Crippen LogP contribution >= 0.6 is 0 Å². The Bertz CT molecular complexity index is 539. The van der Waals surface area contributed by atoms with Crippen molar-refractivity contribution in [2.75, 3.05) is 40.0 Å². The van der Waals surface area contributed by atoms with E-state index in [0.717, 1.165) is 38.3 Å². The molecule has 5 heteroatoms. The summed E-state index contributed by atoms with van der Waals surface area (Å²) in [6, 6.07) is 8.60. The van der Waals surface area contributed by atoms with Gasteiger partial charge in [-0.05, 0) is 49.3 Å². The van der Waals surface area contributed by atoms with Crippen molar-refractivity contribution < 1.29 is 14.3 Å². The molecule has 0 radical (unpaired) electrons. The van der Waals surface area contributed by atoms with Gasteiger partial charge in [0.25, 0.3) is 0 Å². The number of hydrogen-bond acceptors (Lipinski definition) is 4. The summed E-state index contributed by atoms with van der Waals surface area (Å²) in [6.07, 6.45) is 4.40. The predicted octanol–water partition coefficient (Wildman–Crippen LogP) is 1.85. The Balaban J connectivity index is 1.40. The van der Waals surface area contributed by atoms with Gasteiger partial charge >= 0.3 is 0 Å². The van der Waals surface area contributed by atoms with E-state index in [0.29, 0.717) is 25.0 Å². The first kappa shape index (κ1) is 17.2.